The summed E-state index contributed by atoms with van der Waals surface area (Å²) >= 11 is 0. The van der Waals surface area contributed by atoms with Gasteiger partial charge in [0.1, 0.15) is 0 Å². The van der Waals surface area contributed by atoms with Crippen LogP contribution < -0.4 is 5.32 Å². The van der Waals surface area contributed by atoms with E-state index >= 15 is 0 Å². The van der Waals surface area contributed by atoms with E-state index in [0.717, 1.165) is 0 Å². The molecule has 0 aromatic rings. The monoisotopic (exact) mass is 111 g/mol. The van der Waals surface area contributed by atoms with Crippen molar-refractivity contribution in [2.45, 2.75) is 6.42 Å². The van der Waals surface area contributed by atoms with Gasteiger partial charge in [-0.15, -0.1) is 0 Å². The third kappa shape index (κ3) is 0.611. The van der Waals surface area contributed by atoms with Crippen LogP contribution in [0.3, 0.4) is 0 Å². The number of amides is 1. The van der Waals surface area contributed by atoms with Crippen molar-refractivity contribution in [2.75, 3.05) is 6.54 Å². The van der Waals surface area contributed by atoms with Crippen LogP contribution in [-0.4, -0.2) is 23.0 Å². The molecule has 1 rings (SSSR count). The zero-order chi connectivity index (χ0) is 5.98. The first-order valence-corrected chi connectivity index (χ1v) is 2.33. The fraction of sp³-hybridized carbons (Fsp3) is 0.500. The van der Waals surface area contributed by atoms with Crippen molar-refractivity contribution in [1.29, 1.82) is 0 Å². The van der Waals surface area contributed by atoms with Gasteiger partial charge < -0.3 is 10.8 Å². The molecule has 1 aliphatic rings. The molecule has 1 fully saturated rings. The van der Waals surface area contributed by atoms with Crippen molar-refractivity contribution in [3.05, 3.63) is 5.53 Å². The predicted molar refractivity (Wildman–Crippen MR) is 26.3 cm³/mol. The first-order valence-electron chi connectivity index (χ1n) is 2.33. The quantitative estimate of drug-likeness (QED) is 0.322. The molecule has 0 aromatic carbocycles. The van der Waals surface area contributed by atoms with Gasteiger partial charge in [-0.1, -0.05) is 0 Å². The average Bonchev–Trinajstić information content (AvgIpc) is 2.14. The number of carbonyl (C=O) groups is 1. The molecule has 0 spiro atoms. The smallest absolute Gasteiger partial charge is 0.357 e. The molecule has 8 heavy (non-hydrogen) atoms. The lowest BCUT2D eigenvalue weighted by Gasteiger charge is -1.76. The second kappa shape index (κ2) is 1.76. The number of rotatable bonds is 0. The summed E-state index contributed by atoms with van der Waals surface area (Å²) in [7, 11) is 0. The van der Waals surface area contributed by atoms with E-state index in [0.29, 0.717) is 13.0 Å². The van der Waals surface area contributed by atoms with E-state index < -0.39 is 0 Å². The Morgan fingerprint density at radius 1 is 1.75 bits per heavy atom. The van der Waals surface area contributed by atoms with Gasteiger partial charge in [-0.3, -0.25) is 4.79 Å². The largest absolute Gasteiger partial charge is 0.361 e. The Morgan fingerprint density at radius 3 is 2.75 bits per heavy atom. The normalized spacial score (nSPS) is 18.0. The lowest BCUT2D eigenvalue weighted by atomic mass is 10.3. The summed E-state index contributed by atoms with van der Waals surface area (Å²) < 4.78 is 0. The van der Waals surface area contributed by atoms with Gasteiger partial charge in [-0.2, -0.15) is 4.79 Å². The summed E-state index contributed by atoms with van der Waals surface area (Å²) in [5.74, 6) is -0.257. The lowest BCUT2D eigenvalue weighted by molar-refractivity contribution is -0.117. The molecule has 0 aromatic heterocycles. The molecule has 1 aliphatic heterocycles. The van der Waals surface area contributed by atoms with Crippen molar-refractivity contribution < 1.29 is 9.58 Å². The zero-order valence-corrected chi connectivity index (χ0v) is 4.22. The topological polar surface area (TPSA) is 65.5 Å². The van der Waals surface area contributed by atoms with Crippen LogP contribution in [0.25, 0.3) is 5.53 Å². The van der Waals surface area contributed by atoms with Gasteiger partial charge in [0.25, 0.3) is 0 Å². The molecule has 0 saturated carbocycles. The van der Waals surface area contributed by atoms with E-state index in [9.17, 15) is 4.79 Å². The summed E-state index contributed by atoms with van der Waals surface area (Å²) in [5, 5.41) is 2.49. The summed E-state index contributed by atoms with van der Waals surface area (Å²) in [6.07, 6.45) is 0.537. The second-order valence-corrected chi connectivity index (χ2v) is 1.55. The van der Waals surface area contributed by atoms with Crippen molar-refractivity contribution in [2.24, 2.45) is 0 Å². The lowest BCUT2D eigenvalue weighted by Crippen LogP contribution is -2.19. The second-order valence-electron chi connectivity index (χ2n) is 1.55. The van der Waals surface area contributed by atoms with E-state index in [2.05, 4.69) is 10.1 Å². The van der Waals surface area contributed by atoms with Crippen LogP contribution in [0.4, 0.5) is 0 Å². The van der Waals surface area contributed by atoms with E-state index in [-0.39, 0.29) is 11.6 Å². The molecule has 1 saturated heterocycles. The highest BCUT2D eigenvalue weighted by Gasteiger charge is 2.25. The number of hydrogen-bond donors (Lipinski definition) is 1. The first-order chi connectivity index (χ1) is 3.84. The van der Waals surface area contributed by atoms with Crippen molar-refractivity contribution >= 4 is 11.6 Å². The molecule has 42 valence electrons. The zero-order valence-electron chi connectivity index (χ0n) is 4.22. The fourth-order valence-electron chi connectivity index (χ4n) is 0.605. The molecule has 0 radical (unpaired) electrons. The molecule has 0 unspecified atom stereocenters. The Morgan fingerprint density at radius 2 is 2.50 bits per heavy atom. The van der Waals surface area contributed by atoms with Crippen LogP contribution in [0.15, 0.2) is 0 Å². The van der Waals surface area contributed by atoms with E-state index in [1.165, 1.54) is 0 Å². The minimum atomic E-state index is -0.257. The van der Waals surface area contributed by atoms with Crippen LogP contribution >= 0.6 is 0 Å². The number of hydrogen-bond acceptors (Lipinski definition) is 1. The Kier molecular flexibility index (Phi) is 1.10. The molecule has 1 amide bonds. The van der Waals surface area contributed by atoms with E-state index in [1.807, 2.05) is 0 Å². The summed E-state index contributed by atoms with van der Waals surface area (Å²) in [6, 6.07) is 0. The Labute approximate surface area is 46.1 Å². The van der Waals surface area contributed by atoms with Gasteiger partial charge in [0.05, 0.1) is 6.42 Å². The number of nitrogens with zero attached hydrogens (tertiary/aromatic N) is 2. The highest BCUT2D eigenvalue weighted by molar-refractivity contribution is 6.38. The number of nitrogens with one attached hydrogen (secondary N) is 1. The standard InChI is InChI=1S/C4H5N3O/c5-7-3-1-2-6-4(3)8/h1-2H2,(H,6,8). The molecule has 0 aliphatic carbocycles. The van der Waals surface area contributed by atoms with Gasteiger partial charge in [0.2, 0.25) is 0 Å². The van der Waals surface area contributed by atoms with Gasteiger partial charge in [0.15, 0.2) is 0 Å². The molecular weight excluding hydrogens is 106 g/mol. The van der Waals surface area contributed by atoms with Gasteiger partial charge >= 0.3 is 11.6 Å². The fourth-order valence-corrected chi connectivity index (χ4v) is 0.605. The van der Waals surface area contributed by atoms with Crippen LogP contribution in [0.1, 0.15) is 6.42 Å². The van der Waals surface area contributed by atoms with E-state index in [1.54, 1.807) is 0 Å². The van der Waals surface area contributed by atoms with Crippen molar-refractivity contribution in [1.82, 2.24) is 5.32 Å². The maximum absolute atomic E-state index is 10.4. The molecular formula is C4H5N3O. The molecule has 1 N–H and O–H groups in total. The summed E-state index contributed by atoms with van der Waals surface area (Å²) in [5.41, 5.74) is 8.29. The summed E-state index contributed by atoms with van der Waals surface area (Å²) in [6.45, 7) is 0.595. The molecule has 4 nitrogen and oxygen atoms in total. The molecule has 0 bridgehead atoms. The SMILES string of the molecule is [N-]=[N+]=C1CCNC1=O. The van der Waals surface area contributed by atoms with Crippen LogP contribution in [0.2, 0.25) is 0 Å². The Balaban J connectivity index is 2.84. The highest BCUT2D eigenvalue weighted by Crippen LogP contribution is 1.89. The Bertz CT molecular complexity index is 168. The molecule has 0 atom stereocenters. The average molecular weight is 111 g/mol. The third-order valence-corrected chi connectivity index (χ3v) is 1.03. The Hall–Kier alpha value is -1.15. The predicted octanol–water partition coefficient (Wildman–Crippen LogP) is -0.823. The van der Waals surface area contributed by atoms with E-state index in [4.69, 9.17) is 5.53 Å². The highest BCUT2D eigenvalue weighted by atomic mass is 16.2. The summed E-state index contributed by atoms with van der Waals surface area (Å²) in [4.78, 5) is 13.2. The minimum Gasteiger partial charge on any atom is -0.361 e. The van der Waals surface area contributed by atoms with Gasteiger partial charge in [-0.05, 0) is 0 Å². The maximum atomic E-state index is 10.4. The molecule has 1 heterocycles. The van der Waals surface area contributed by atoms with Crippen LogP contribution in [-0.2, 0) is 4.79 Å². The van der Waals surface area contributed by atoms with Gasteiger partial charge in [-0.25, -0.2) is 0 Å². The first kappa shape index (κ1) is 5.00. The maximum Gasteiger partial charge on any atom is 0.357 e. The van der Waals surface area contributed by atoms with Gasteiger partial charge in [0, 0.05) is 6.54 Å². The van der Waals surface area contributed by atoms with Crippen molar-refractivity contribution in [3.63, 3.8) is 0 Å². The van der Waals surface area contributed by atoms with Crippen molar-refractivity contribution in [3.8, 4) is 0 Å². The third-order valence-electron chi connectivity index (χ3n) is 1.03. The minimum absolute atomic E-state index is 0.227. The van der Waals surface area contributed by atoms with Crippen LogP contribution in [0, 0.1) is 0 Å². The van der Waals surface area contributed by atoms with Crippen LogP contribution in [0.5, 0.6) is 0 Å². The molecule has 4 heteroatoms. The number of carbonyl (C=O) groups excluding carboxylic acids is 1.